The van der Waals surface area contributed by atoms with Gasteiger partial charge >= 0.3 is 11.8 Å². The van der Waals surface area contributed by atoms with Crippen molar-refractivity contribution in [2.24, 2.45) is 0 Å². The van der Waals surface area contributed by atoms with Crippen molar-refractivity contribution in [3.8, 4) is 0 Å². The molecule has 2 amide bonds. The van der Waals surface area contributed by atoms with E-state index < -0.39 is 17.9 Å². The van der Waals surface area contributed by atoms with Gasteiger partial charge in [-0.2, -0.15) is 0 Å². The number of pyridine rings is 1. The van der Waals surface area contributed by atoms with Crippen molar-refractivity contribution >= 4 is 17.6 Å². The van der Waals surface area contributed by atoms with Crippen LogP contribution in [0.15, 0.2) is 24.4 Å². The van der Waals surface area contributed by atoms with Crippen LogP contribution in [0.1, 0.15) is 13.3 Å². The second-order valence-electron chi connectivity index (χ2n) is 3.43. The Kier molecular flexibility index (Phi) is 5.09. The molecule has 0 aliphatic rings. The third kappa shape index (κ3) is 4.20. The average Bonchev–Trinajstić information content (AvgIpc) is 2.36. The number of anilines is 1. The zero-order chi connectivity index (χ0) is 12.7. The van der Waals surface area contributed by atoms with Crippen molar-refractivity contribution in [1.29, 1.82) is 0 Å². The van der Waals surface area contributed by atoms with Crippen LogP contribution in [-0.2, 0) is 9.59 Å². The fourth-order valence-corrected chi connectivity index (χ4v) is 1.14. The summed E-state index contributed by atoms with van der Waals surface area (Å²) in [5.74, 6) is -1.27. The second-order valence-corrected chi connectivity index (χ2v) is 3.43. The molecule has 0 aliphatic heterocycles. The van der Waals surface area contributed by atoms with Gasteiger partial charge in [0.25, 0.3) is 0 Å². The van der Waals surface area contributed by atoms with Gasteiger partial charge in [-0.15, -0.1) is 0 Å². The molecule has 0 fully saturated rings. The summed E-state index contributed by atoms with van der Waals surface area (Å²) in [5, 5.41) is 13.6. The van der Waals surface area contributed by atoms with Crippen molar-refractivity contribution in [3.05, 3.63) is 24.4 Å². The molecule has 6 heteroatoms. The summed E-state index contributed by atoms with van der Waals surface area (Å²) >= 11 is 0. The minimum absolute atomic E-state index is 0.195. The Morgan fingerprint density at radius 2 is 2.18 bits per heavy atom. The van der Waals surface area contributed by atoms with Crippen molar-refractivity contribution in [1.82, 2.24) is 10.3 Å². The van der Waals surface area contributed by atoms with Crippen LogP contribution in [0.4, 0.5) is 5.82 Å². The number of hydrogen-bond acceptors (Lipinski definition) is 4. The summed E-state index contributed by atoms with van der Waals surface area (Å²) in [6, 6.07) is 4.57. The lowest BCUT2D eigenvalue weighted by Gasteiger charge is -2.13. The van der Waals surface area contributed by atoms with Crippen LogP contribution in [0.2, 0.25) is 0 Å². The minimum atomic E-state index is -0.796. The molecular formula is C11H15N3O3. The van der Waals surface area contributed by atoms with Gasteiger partial charge in [-0.1, -0.05) is 13.0 Å². The van der Waals surface area contributed by atoms with Gasteiger partial charge in [0, 0.05) is 6.20 Å². The third-order valence-corrected chi connectivity index (χ3v) is 2.16. The minimum Gasteiger partial charge on any atom is -0.394 e. The zero-order valence-corrected chi connectivity index (χ0v) is 9.51. The molecule has 0 bridgehead atoms. The highest BCUT2D eigenvalue weighted by Crippen LogP contribution is 1.99. The summed E-state index contributed by atoms with van der Waals surface area (Å²) in [6.07, 6.45) is 2.06. The predicted molar refractivity (Wildman–Crippen MR) is 62.2 cm³/mol. The number of nitrogens with zero attached hydrogens (tertiary/aromatic N) is 1. The monoisotopic (exact) mass is 237 g/mol. The first kappa shape index (κ1) is 13.1. The lowest BCUT2D eigenvalue weighted by molar-refractivity contribution is -0.136. The maximum Gasteiger partial charge on any atom is 0.314 e. The van der Waals surface area contributed by atoms with Crippen LogP contribution < -0.4 is 10.6 Å². The lowest BCUT2D eigenvalue weighted by atomic mass is 10.2. The normalized spacial score (nSPS) is 11.6. The first-order chi connectivity index (χ1) is 8.17. The number of nitrogens with one attached hydrogen (secondary N) is 2. The third-order valence-electron chi connectivity index (χ3n) is 2.16. The van der Waals surface area contributed by atoms with Crippen LogP contribution in [0, 0.1) is 0 Å². The van der Waals surface area contributed by atoms with E-state index in [1.54, 1.807) is 25.1 Å². The molecule has 17 heavy (non-hydrogen) atoms. The molecule has 3 N–H and O–H groups in total. The van der Waals surface area contributed by atoms with E-state index in [0.29, 0.717) is 12.2 Å². The number of amides is 2. The molecule has 92 valence electrons. The van der Waals surface area contributed by atoms with Gasteiger partial charge in [0.15, 0.2) is 0 Å². The van der Waals surface area contributed by atoms with E-state index in [1.165, 1.54) is 6.20 Å². The Hall–Kier alpha value is -1.95. The van der Waals surface area contributed by atoms with Crippen LogP contribution in [0.25, 0.3) is 0 Å². The van der Waals surface area contributed by atoms with Crippen molar-refractivity contribution in [3.63, 3.8) is 0 Å². The molecule has 0 aliphatic carbocycles. The van der Waals surface area contributed by atoms with Crippen LogP contribution in [0.5, 0.6) is 0 Å². The molecule has 1 aromatic rings. The Morgan fingerprint density at radius 3 is 2.71 bits per heavy atom. The number of rotatable bonds is 4. The number of hydrogen-bond donors (Lipinski definition) is 3. The van der Waals surface area contributed by atoms with E-state index in [0.717, 1.165) is 0 Å². The van der Waals surface area contributed by atoms with E-state index in [2.05, 4.69) is 15.6 Å². The van der Waals surface area contributed by atoms with Gasteiger partial charge < -0.3 is 15.7 Å². The van der Waals surface area contributed by atoms with E-state index in [1.807, 2.05) is 0 Å². The van der Waals surface area contributed by atoms with Crippen LogP contribution >= 0.6 is 0 Å². The molecule has 6 nitrogen and oxygen atoms in total. The molecule has 0 aromatic carbocycles. The fraction of sp³-hybridized carbons (Fsp3) is 0.364. The van der Waals surface area contributed by atoms with Gasteiger partial charge in [0.05, 0.1) is 12.6 Å². The largest absolute Gasteiger partial charge is 0.394 e. The molecule has 1 unspecified atom stereocenters. The number of carbonyl (C=O) groups excluding carboxylic acids is 2. The summed E-state index contributed by atoms with van der Waals surface area (Å²) in [6.45, 7) is 1.61. The number of carbonyl (C=O) groups is 2. The molecule has 0 spiro atoms. The molecular weight excluding hydrogens is 222 g/mol. The predicted octanol–water partition coefficient (Wildman–Crippen LogP) is -0.0928. The van der Waals surface area contributed by atoms with E-state index >= 15 is 0 Å². The van der Waals surface area contributed by atoms with Gasteiger partial charge in [0.2, 0.25) is 0 Å². The Morgan fingerprint density at radius 1 is 1.41 bits per heavy atom. The van der Waals surface area contributed by atoms with Gasteiger partial charge in [0.1, 0.15) is 5.82 Å². The second kappa shape index (κ2) is 6.59. The van der Waals surface area contributed by atoms with E-state index in [4.69, 9.17) is 5.11 Å². The Balaban J connectivity index is 2.50. The highest BCUT2D eigenvalue weighted by atomic mass is 16.3. The lowest BCUT2D eigenvalue weighted by Crippen LogP contribution is -2.43. The van der Waals surface area contributed by atoms with Crippen LogP contribution in [0.3, 0.4) is 0 Å². The first-order valence-corrected chi connectivity index (χ1v) is 5.31. The van der Waals surface area contributed by atoms with Gasteiger partial charge in [-0.3, -0.25) is 9.59 Å². The number of aliphatic hydroxyl groups excluding tert-OH is 1. The summed E-state index contributed by atoms with van der Waals surface area (Å²) < 4.78 is 0. The van der Waals surface area contributed by atoms with Gasteiger partial charge in [-0.25, -0.2) is 4.98 Å². The SMILES string of the molecule is CCC(CO)NC(=O)C(=O)Nc1ccccn1. The molecule has 1 aromatic heterocycles. The molecule has 0 saturated heterocycles. The standard InChI is InChI=1S/C11H15N3O3/c1-2-8(7-15)13-10(16)11(17)14-9-5-3-4-6-12-9/h3-6,8,15H,2,7H2,1H3,(H,13,16)(H,12,14,17). The number of aromatic nitrogens is 1. The number of aliphatic hydroxyl groups is 1. The van der Waals surface area contributed by atoms with Crippen molar-refractivity contribution in [2.45, 2.75) is 19.4 Å². The highest BCUT2D eigenvalue weighted by molar-refractivity contribution is 6.39. The molecule has 0 radical (unpaired) electrons. The maximum atomic E-state index is 11.4. The van der Waals surface area contributed by atoms with Crippen LogP contribution in [-0.4, -0.2) is 34.6 Å². The van der Waals surface area contributed by atoms with E-state index in [9.17, 15) is 9.59 Å². The summed E-state index contributed by atoms with van der Waals surface area (Å²) in [7, 11) is 0. The first-order valence-electron chi connectivity index (χ1n) is 5.31. The summed E-state index contributed by atoms with van der Waals surface area (Å²) in [5.41, 5.74) is 0. The topological polar surface area (TPSA) is 91.3 Å². The van der Waals surface area contributed by atoms with Crippen molar-refractivity contribution in [2.75, 3.05) is 11.9 Å². The molecule has 1 rings (SSSR count). The molecule has 1 heterocycles. The Labute approximate surface area is 99.1 Å². The van der Waals surface area contributed by atoms with Gasteiger partial charge in [-0.05, 0) is 18.6 Å². The fourth-order valence-electron chi connectivity index (χ4n) is 1.14. The molecule has 0 saturated carbocycles. The smallest absolute Gasteiger partial charge is 0.314 e. The average molecular weight is 237 g/mol. The quantitative estimate of drug-likeness (QED) is 0.638. The summed E-state index contributed by atoms with van der Waals surface area (Å²) in [4.78, 5) is 26.7. The highest BCUT2D eigenvalue weighted by Gasteiger charge is 2.17. The Bertz CT molecular complexity index is 377. The van der Waals surface area contributed by atoms with Crippen molar-refractivity contribution < 1.29 is 14.7 Å². The molecule has 1 atom stereocenters. The zero-order valence-electron chi connectivity index (χ0n) is 9.51. The maximum absolute atomic E-state index is 11.4. The van der Waals surface area contributed by atoms with E-state index in [-0.39, 0.29) is 6.61 Å².